The summed E-state index contributed by atoms with van der Waals surface area (Å²) in [6, 6.07) is -5.48. The predicted molar refractivity (Wildman–Crippen MR) is 96.4 cm³/mol. The predicted octanol–water partition coefficient (Wildman–Crippen LogP) is -4.99. The van der Waals surface area contributed by atoms with Crippen LogP contribution in [0.4, 0.5) is 0 Å². The van der Waals surface area contributed by atoms with Crippen LogP contribution in [0.15, 0.2) is 0 Å². The summed E-state index contributed by atoms with van der Waals surface area (Å²) in [5.41, 5.74) is 15.3. The van der Waals surface area contributed by atoms with Gasteiger partial charge in [-0.05, 0) is 13.3 Å². The molecule has 0 bridgehead atoms. The fourth-order valence-corrected chi connectivity index (χ4v) is 2.00. The van der Waals surface area contributed by atoms with Crippen LogP contribution in [-0.2, 0) is 28.8 Å². The number of aliphatic hydroxyl groups is 1. The molecule has 0 aromatic rings. The lowest BCUT2D eigenvalue weighted by Gasteiger charge is -2.22. The monoisotopic (exact) mass is 418 g/mol. The molecule has 11 N–H and O–H groups in total. The molecule has 0 aliphatic carbocycles. The molecule has 0 aromatic carbocycles. The van der Waals surface area contributed by atoms with Crippen LogP contribution in [0.2, 0.25) is 0 Å². The molecule has 14 heteroatoms. The molecule has 0 aliphatic rings. The fraction of sp³-hybridized carbons (Fsp3) is 0.600. The van der Waals surface area contributed by atoms with Crippen molar-refractivity contribution in [1.29, 1.82) is 0 Å². The summed E-state index contributed by atoms with van der Waals surface area (Å²) in [6.07, 6.45) is -1.03. The van der Waals surface area contributed by atoms with Gasteiger partial charge in [0.05, 0.1) is 19.1 Å². The van der Waals surface area contributed by atoms with Crippen LogP contribution in [0, 0.1) is 0 Å². The van der Waals surface area contributed by atoms with Gasteiger partial charge in [0.25, 0.3) is 0 Å². The van der Waals surface area contributed by atoms with Gasteiger partial charge in [0.15, 0.2) is 0 Å². The van der Waals surface area contributed by atoms with Crippen LogP contribution >= 0.6 is 0 Å². The summed E-state index contributed by atoms with van der Waals surface area (Å²) >= 11 is 0. The molecule has 0 fully saturated rings. The minimum atomic E-state index is -1.53. The van der Waals surface area contributed by atoms with Crippen molar-refractivity contribution in [2.75, 3.05) is 6.61 Å². The first-order valence-electron chi connectivity index (χ1n) is 8.46. The van der Waals surface area contributed by atoms with Crippen LogP contribution < -0.4 is 33.2 Å². The lowest BCUT2D eigenvalue weighted by atomic mass is 10.1. The van der Waals surface area contributed by atoms with E-state index in [-0.39, 0.29) is 12.8 Å². The van der Waals surface area contributed by atoms with Gasteiger partial charge >= 0.3 is 5.97 Å². The number of aliphatic hydroxyl groups excluding tert-OH is 1. The van der Waals surface area contributed by atoms with Crippen molar-refractivity contribution in [3.63, 3.8) is 0 Å². The first-order valence-corrected chi connectivity index (χ1v) is 8.46. The number of nitrogens with one attached hydrogen (secondary N) is 3. The number of aliphatic carboxylic acids is 1. The number of carboxylic acids is 1. The normalized spacial score (nSPS) is 14.6. The maximum atomic E-state index is 12.1. The summed E-state index contributed by atoms with van der Waals surface area (Å²) in [5, 5.41) is 24.8. The zero-order valence-corrected chi connectivity index (χ0v) is 15.7. The molecule has 0 spiro atoms. The molecule has 14 nitrogen and oxygen atoms in total. The van der Waals surface area contributed by atoms with E-state index in [1.54, 1.807) is 0 Å². The molecular formula is C15H26N6O8. The highest BCUT2D eigenvalue weighted by Gasteiger charge is 2.28. The number of amides is 5. The van der Waals surface area contributed by atoms with Gasteiger partial charge in [-0.25, -0.2) is 4.79 Å². The third-order valence-electron chi connectivity index (χ3n) is 3.62. The number of carbonyl (C=O) groups excluding carboxylic acids is 5. The first kappa shape index (κ1) is 25.7. The summed E-state index contributed by atoms with van der Waals surface area (Å²) < 4.78 is 0. The maximum Gasteiger partial charge on any atom is 0.326 e. The van der Waals surface area contributed by atoms with Gasteiger partial charge in [-0.1, -0.05) is 0 Å². The molecule has 0 saturated heterocycles. The van der Waals surface area contributed by atoms with E-state index in [1.165, 1.54) is 6.92 Å². The Morgan fingerprint density at radius 2 is 1.41 bits per heavy atom. The molecule has 0 rings (SSSR count). The number of primary amides is 2. The van der Waals surface area contributed by atoms with E-state index in [9.17, 15) is 33.9 Å². The maximum absolute atomic E-state index is 12.1. The quantitative estimate of drug-likeness (QED) is 0.142. The Balaban J connectivity index is 4.84. The van der Waals surface area contributed by atoms with Crippen LogP contribution in [0.25, 0.3) is 0 Å². The second-order valence-corrected chi connectivity index (χ2v) is 6.16. The van der Waals surface area contributed by atoms with Crippen LogP contribution in [0.1, 0.15) is 26.2 Å². The third kappa shape index (κ3) is 10.0. The molecule has 164 valence electrons. The average Bonchev–Trinajstić information content (AvgIpc) is 2.61. The largest absolute Gasteiger partial charge is 0.480 e. The second-order valence-electron chi connectivity index (χ2n) is 6.16. The summed E-state index contributed by atoms with van der Waals surface area (Å²) in [6.45, 7) is 0.380. The Hall–Kier alpha value is -3.26. The molecule has 4 atom stereocenters. The number of carboxylic acid groups (broad SMARTS) is 1. The van der Waals surface area contributed by atoms with Crippen molar-refractivity contribution in [3.05, 3.63) is 0 Å². The molecule has 0 radical (unpaired) electrons. The molecule has 0 aliphatic heterocycles. The highest BCUT2D eigenvalue weighted by Crippen LogP contribution is 1.99. The third-order valence-corrected chi connectivity index (χ3v) is 3.62. The zero-order chi connectivity index (χ0) is 22.7. The van der Waals surface area contributed by atoms with Gasteiger partial charge in [-0.2, -0.15) is 0 Å². The average molecular weight is 418 g/mol. The van der Waals surface area contributed by atoms with Gasteiger partial charge in [-0.3, -0.25) is 24.0 Å². The highest BCUT2D eigenvalue weighted by atomic mass is 16.4. The molecule has 4 unspecified atom stereocenters. The first-order chi connectivity index (χ1) is 13.4. The standard InChI is InChI=1S/C15H26N6O8/c1-6(19-13(26)7(16)4-11(18)24)12(25)21-9(5-22)14(27)20-8(15(28)29)2-3-10(17)23/h6-9,22H,2-5,16H2,1H3,(H2,17,23)(H2,18,24)(H,19,26)(H,20,27)(H,21,25)(H,28,29). The van der Waals surface area contributed by atoms with E-state index >= 15 is 0 Å². The van der Waals surface area contributed by atoms with Crippen LogP contribution in [0.5, 0.6) is 0 Å². The van der Waals surface area contributed by atoms with Gasteiger partial charge in [0.1, 0.15) is 18.1 Å². The van der Waals surface area contributed by atoms with Crippen molar-refractivity contribution in [1.82, 2.24) is 16.0 Å². The highest BCUT2D eigenvalue weighted by molar-refractivity contribution is 5.94. The Labute approximate surface area is 165 Å². The molecular weight excluding hydrogens is 392 g/mol. The van der Waals surface area contributed by atoms with E-state index in [0.717, 1.165) is 0 Å². The van der Waals surface area contributed by atoms with Crippen LogP contribution in [-0.4, -0.2) is 76.5 Å². The number of carbonyl (C=O) groups is 6. The molecule has 0 saturated carbocycles. The zero-order valence-electron chi connectivity index (χ0n) is 15.7. The fourth-order valence-electron chi connectivity index (χ4n) is 2.00. The van der Waals surface area contributed by atoms with Crippen molar-refractivity contribution in [2.45, 2.75) is 50.4 Å². The Morgan fingerprint density at radius 3 is 1.86 bits per heavy atom. The summed E-state index contributed by atoms with van der Waals surface area (Å²) in [5.74, 6) is -5.77. The van der Waals surface area contributed by atoms with Gasteiger partial charge in [0.2, 0.25) is 29.5 Å². The van der Waals surface area contributed by atoms with Crippen molar-refractivity contribution in [2.24, 2.45) is 17.2 Å². The van der Waals surface area contributed by atoms with E-state index < -0.39 is 72.7 Å². The molecule has 0 heterocycles. The number of hydrogen-bond acceptors (Lipinski definition) is 8. The van der Waals surface area contributed by atoms with E-state index in [1.807, 2.05) is 0 Å². The van der Waals surface area contributed by atoms with E-state index in [4.69, 9.17) is 22.3 Å². The number of rotatable bonds is 13. The lowest BCUT2D eigenvalue weighted by molar-refractivity contribution is -0.143. The molecule has 5 amide bonds. The van der Waals surface area contributed by atoms with E-state index in [2.05, 4.69) is 16.0 Å². The second kappa shape index (κ2) is 12.2. The van der Waals surface area contributed by atoms with E-state index in [0.29, 0.717) is 0 Å². The smallest absolute Gasteiger partial charge is 0.326 e. The van der Waals surface area contributed by atoms with Gasteiger partial charge in [-0.15, -0.1) is 0 Å². The molecule has 29 heavy (non-hydrogen) atoms. The SMILES string of the molecule is CC(NC(=O)C(N)CC(N)=O)C(=O)NC(CO)C(=O)NC(CCC(N)=O)C(=O)O. The minimum absolute atomic E-state index is 0.285. The van der Waals surface area contributed by atoms with Crippen molar-refractivity contribution < 1.29 is 39.0 Å². The number of hydrogen-bond donors (Lipinski definition) is 8. The van der Waals surface area contributed by atoms with Crippen molar-refractivity contribution >= 4 is 35.5 Å². The summed E-state index contributed by atoms with van der Waals surface area (Å²) in [7, 11) is 0. The minimum Gasteiger partial charge on any atom is -0.480 e. The Morgan fingerprint density at radius 1 is 0.862 bits per heavy atom. The topological polar surface area (TPSA) is 257 Å². The van der Waals surface area contributed by atoms with Crippen LogP contribution in [0.3, 0.4) is 0 Å². The Kier molecular flexibility index (Phi) is 10.9. The number of nitrogens with two attached hydrogens (primary N) is 3. The van der Waals surface area contributed by atoms with Crippen molar-refractivity contribution in [3.8, 4) is 0 Å². The van der Waals surface area contributed by atoms with Gasteiger partial charge < -0.3 is 43.4 Å². The Bertz CT molecular complexity index is 655. The lowest BCUT2D eigenvalue weighted by Crippen LogP contribution is -2.57. The molecule has 0 aromatic heterocycles. The summed E-state index contributed by atoms with van der Waals surface area (Å²) in [4.78, 5) is 68.7. The van der Waals surface area contributed by atoms with Gasteiger partial charge in [0, 0.05) is 6.42 Å².